The van der Waals surface area contributed by atoms with Crippen LogP contribution in [0.15, 0.2) is 18.2 Å². The third-order valence-corrected chi connectivity index (χ3v) is 3.42. The molecule has 2 aliphatic rings. The standard InChI is InChI=1S/C13H15N3O2.ClH/c17-12-4-3-11(13(18)16-12)15-10-2-1-8-6-14-7-9(8)5-10;/h1-2,5,11,14-15H,3-4,6-7H2,(H,16,17,18);1H. The van der Waals surface area contributed by atoms with Gasteiger partial charge in [0.05, 0.1) is 0 Å². The number of fused-ring (bicyclic) bond motifs is 1. The summed E-state index contributed by atoms with van der Waals surface area (Å²) in [6.45, 7) is 1.79. The van der Waals surface area contributed by atoms with Gasteiger partial charge in [-0.1, -0.05) is 6.07 Å². The summed E-state index contributed by atoms with van der Waals surface area (Å²) in [6.07, 6.45) is 0.954. The summed E-state index contributed by atoms with van der Waals surface area (Å²) in [7, 11) is 0. The van der Waals surface area contributed by atoms with Gasteiger partial charge in [-0.2, -0.15) is 0 Å². The Kier molecular flexibility index (Phi) is 4.07. The fraction of sp³-hybridized carbons (Fsp3) is 0.385. The number of amides is 2. The maximum Gasteiger partial charge on any atom is 0.249 e. The molecule has 1 unspecified atom stereocenters. The largest absolute Gasteiger partial charge is 0.374 e. The van der Waals surface area contributed by atoms with Crippen molar-refractivity contribution in [3.8, 4) is 0 Å². The van der Waals surface area contributed by atoms with Gasteiger partial charge in [-0.25, -0.2) is 0 Å². The molecule has 0 aliphatic carbocycles. The van der Waals surface area contributed by atoms with Crippen LogP contribution in [-0.4, -0.2) is 17.9 Å². The van der Waals surface area contributed by atoms with Crippen molar-refractivity contribution < 1.29 is 9.59 Å². The summed E-state index contributed by atoms with van der Waals surface area (Å²) in [5.74, 6) is -0.416. The zero-order chi connectivity index (χ0) is 12.5. The zero-order valence-electron chi connectivity index (χ0n) is 10.4. The molecule has 3 rings (SSSR count). The van der Waals surface area contributed by atoms with Gasteiger partial charge in [-0.3, -0.25) is 14.9 Å². The van der Waals surface area contributed by atoms with E-state index in [1.165, 1.54) is 11.1 Å². The van der Waals surface area contributed by atoms with E-state index in [9.17, 15) is 9.59 Å². The van der Waals surface area contributed by atoms with Crippen LogP contribution in [0.25, 0.3) is 0 Å². The molecular weight excluding hydrogens is 266 g/mol. The van der Waals surface area contributed by atoms with Gasteiger partial charge < -0.3 is 10.6 Å². The molecule has 0 radical (unpaired) electrons. The maximum absolute atomic E-state index is 11.6. The van der Waals surface area contributed by atoms with E-state index >= 15 is 0 Å². The van der Waals surface area contributed by atoms with E-state index < -0.39 is 0 Å². The lowest BCUT2D eigenvalue weighted by Gasteiger charge is -2.23. The fourth-order valence-electron chi connectivity index (χ4n) is 2.42. The highest BCUT2D eigenvalue weighted by atomic mass is 35.5. The molecule has 2 aliphatic heterocycles. The Hall–Kier alpha value is -1.59. The Morgan fingerprint density at radius 1 is 1.16 bits per heavy atom. The van der Waals surface area contributed by atoms with Gasteiger partial charge in [0, 0.05) is 25.2 Å². The van der Waals surface area contributed by atoms with Crippen molar-refractivity contribution in [3.05, 3.63) is 29.3 Å². The third kappa shape index (κ3) is 2.88. The number of imide groups is 1. The lowest BCUT2D eigenvalue weighted by atomic mass is 10.0. The van der Waals surface area contributed by atoms with Gasteiger partial charge in [-0.15, -0.1) is 12.4 Å². The fourth-order valence-corrected chi connectivity index (χ4v) is 2.42. The molecule has 1 aromatic carbocycles. The van der Waals surface area contributed by atoms with E-state index in [4.69, 9.17) is 0 Å². The Balaban J connectivity index is 0.00000133. The first kappa shape index (κ1) is 13.8. The minimum absolute atomic E-state index is 0. The van der Waals surface area contributed by atoms with Crippen molar-refractivity contribution in [1.82, 2.24) is 10.6 Å². The van der Waals surface area contributed by atoms with Crippen molar-refractivity contribution >= 4 is 29.9 Å². The smallest absolute Gasteiger partial charge is 0.249 e. The van der Waals surface area contributed by atoms with Crippen molar-refractivity contribution in [2.24, 2.45) is 0 Å². The molecular formula is C13H16ClN3O2. The highest BCUT2D eigenvalue weighted by molar-refractivity contribution is 6.01. The Labute approximate surface area is 117 Å². The summed E-state index contributed by atoms with van der Waals surface area (Å²) in [6, 6.07) is 5.81. The Bertz CT molecular complexity index is 519. The molecule has 1 saturated heterocycles. The monoisotopic (exact) mass is 281 g/mol. The first-order valence-electron chi connectivity index (χ1n) is 6.15. The molecule has 3 N–H and O–H groups in total. The predicted molar refractivity (Wildman–Crippen MR) is 74.0 cm³/mol. The van der Waals surface area contributed by atoms with E-state index in [0.717, 1.165) is 18.8 Å². The number of hydrogen-bond donors (Lipinski definition) is 3. The second-order valence-corrected chi connectivity index (χ2v) is 4.74. The van der Waals surface area contributed by atoms with Crippen LogP contribution < -0.4 is 16.0 Å². The molecule has 2 heterocycles. The summed E-state index contributed by atoms with van der Waals surface area (Å²) in [5, 5.41) is 8.82. The first-order valence-corrected chi connectivity index (χ1v) is 6.15. The van der Waals surface area contributed by atoms with E-state index in [0.29, 0.717) is 12.8 Å². The minimum atomic E-state index is -0.310. The number of anilines is 1. The maximum atomic E-state index is 11.6. The van der Waals surface area contributed by atoms with E-state index in [2.05, 4.69) is 28.1 Å². The van der Waals surface area contributed by atoms with Crippen molar-refractivity contribution in [2.75, 3.05) is 5.32 Å². The van der Waals surface area contributed by atoms with Crippen molar-refractivity contribution in [2.45, 2.75) is 32.0 Å². The number of rotatable bonds is 2. The number of halogens is 1. The zero-order valence-corrected chi connectivity index (χ0v) is 11.2. The number of hydrogen-bond acceptors (Lipinski definition) is 4. The minimum Gasteiger partial charge on any atom is -0.374 e. The van der Waals surface area contributed by atoms with Gasteiger partial charge in [0.15, 0.2) is 0 Å². The average molecular weight is 282 g/mol. The molecule has 0 aromatic heterocycles. The molecule has 2 amide bonds. The Morgan fingerprint density at radius 3 is 2.74 bits per heavy atom. The molecule has 0 saturated carbocycles. The normalized spacial score (nSPS) is 21.4. The van der Waals surface area contributed by atoms with Gasteiger partial charge >= 0.3 is 0 Å². The van der Waals surface area contributed by atoms with Crippen LogP contribution in [0.3, 0.4) is 0 Å². The molecule has 1 atom stereocenters. The van der Waals surface area contributed by atoms with E-state index in [-0.39, 0.29) is 30.3 Å². The van der Waals surface area contributed by atoms with Crippen LogP contribution >= 0.6 is 12.4 Å². The van der Waals surface area contributed by atoms with Crippen LogP contribution in [-0.2, 0) is 22.7 Å². The van der Waals surface area contributed by atoms with E-state index in [1.54, 1.807) is 0 Å². The molecule has 0 bridgehead atoms. The molecule has 1 aromatic rings. The van der Waals surface area contributed by atoms with Crippen LogP contribution in [0.4, 0.5) is 5.69 Å². The number of carbonyl (C=O) groups excluding carboxylic acids is 2. The highest BCUT2D eigenvalue weighted by Gasteiger charge is 2.26. The quantitative estimate of drug-likeness (QED) is 0.706. The topological polar surface area (TPSA) is 70.2 Å². The highest BCUT2D eigenvalue weighted by Crippen LogP contribution is 2.21. The van der Waals surface area contributed by atoms with Crippen molar-refractivity contribution in [3.63, 3.8) is 0 Å². The predicted octanol–water partition coefficient (Wildman–Crippen LogP) is 0.929. The van der Waals surface area contributed by atoms with Gasteiger partial charge in [0.2, 0.25) is 11.8 Å². The van der Waals surface area contributed by atoms with E-state index in [1.807, 2.05) is 6.07 Å². The average Bonchev–Trinajstić information content (AvgIpc) is 2.80. The van der Waals surface area contributed by atoms with Crippen molar-refractivity contribution in [1.29, 1.82) is 0 Å². The SMILES string of the molecule is Cl.O=C1CCC(Nc2ccc3c(c2)CNC3)C(=O)N1. The van der Waals surface area contributed by atoms with Gasteiger partial charge in [0.25, 0.3) is 0 Å². The third-order valence-electron chi connectivity index (χ3n) is 3.42. The second kappa shape index (κ2) is 5.59. The summed E-state index contributed by atoms with van der Waals surface area (Å²) < 4.78 is 0. The molecule has 102 valence electrons. The number of nitrogens with one attached hydrogen (secondary N) is 3. The number of benzene rings is 1. The van der Waals surface area contributed by atoms with Gasteiger partial charge in [0.1, 0.15) is 6.04 Å². The molecule has 6 heteroatoms. The molecule has 1 fully saturated rings. The second-order valence-electron chi connectivity index (χ2n) is 4.74. The Morgan fingerprint density at radius 2 is 1.95 bits per heavy atom. The van der Waals surface area contributed by atoms with Crippen LogP contribution in [0.2, 0.25) is 0 Å². The van der Waals surface area contributed by atoms with Gasteiger partial charge in [-0.05, 0) is 29.7 Å². The number of carbonyl (C=O) groups is 2. The molecule has 5 nitrogen and oxygen atoms in total. The summed E-state index contributed by atoms with van der Waals surface area (Å²) in [5.41, 5.74) is 3.52. The summed E-state index contributed by atoms with van der Waals surface area (Å²) in [4.78, 5) is 22.7. The van der Waals surface area contributed by atoms with Crippen LogP contribution in [0.5, 0.6) is 0 Å². The van der Waals surface area contributed by atoms with Crippen LogP contribution in [0.1, 0.15) is 24.0 Å². The molecule has 0 spiro atoms. The number of piperidine rings is 1. The van der Waals surface area contributed by atoms with Crippen LogP contribution in [0, 0.1) is 0 Å². The molecule has 19 heavy (non-hydrogen) atoms. The lowest BCUT2D eigenvalue weighted by Crippen LogP contribution is -2.47. The first-order chi connectivity index (χ1) is 8.72. The lowest BCUT2D eigenvalue weighted by molar-refractivity contribution is -0.133. The summed E-state index contributed by atoms with van der Waals surface area (Å²) >= 11 is 0.